The van der Waals surface area contributed by atoms with E-state index in [0.717, 1.165) is 17.7 Å². The van der Waals surface area contributed by atoms with Crippen LogP contribution in [0, 0.1) is 11.8 Å². The summed E-state index contributed by atoms with van der Waals surface area (Å²) >= 11 is 0. The minimum absolute atomic E-state index is 0.0478. The number of hydrogen-bond acceptors (Lipinski definition) is 3. The first-order valence-corrected chi connectivity index (χ1v) is 8.48. The Bertz CT molecular complexity index is 729. The second kappa shape index (κ2) is 5.58. The van der Waals surface area contributed by atoms with E-state index in [4.69, 9.17) is 0 Å². The lowest BCUT2D eigenvalue weighted by atomic mass is 9.85. The van der Waals surface area contributed by atoms with Crippen molar-refractivity contribution in [2.75, 3.05) is 11.4 Å². The molecule has 1 aromatic rings. The van der Waals surface area contributed by atoms with Crippen molar-refractivity contribution < 1.29 is 14.4 Å². The van der Waals surface area contributed by atoms with Gasteiger partial charge in [0, 0.05) is 11.7 Å². The quantitative estimate of drug-likeness (QED) is 0.617. The largest absolute Gasteiger partial charge is 0.307 e. The standard InChI is InChI=1S/C19H20N2O3/c1-12-10-13-6-2-5-9-16(13)21(12)17(22)11-20-18(23)14-7-3-4-8-15(14)19(20)24/h2-6,9,12,14-15H,7-8,10-11H2,1H3/t12-,14-,15+/m1/s1. The third kappa shape index (κ3) is 2.19. The number of carbonyl (C=O) groups excluding carboxylic acids is 3. The first-order chi connectivity index (χ1) is 11.6. The molecule has 0 saturated carbocycles. The molecule has 1 fully saturated rings. The fraction of sp³-hybridized carbons (Fsp3) is 0.421. The highest BCUT2D eigenvalue weighted by molar-refractivity contribution is 6.09. The molecule has 0 bridgehead atoms. The number of amides is 3. The SMILES string of the molecule is C[C@@H]1Cc2ccccc2N1C(=O)CN1C(=O)[C@H]2CC=CC[C@H]2C1=O. The number of imide groups is 1. The summed E-state index contributed by atoms with van der Waals surface area (Å²) in [5, 5.41) is 0. The summed E-state index contributed by atoms with van der Waals surface area (Å²) < 4.78 is 0. The topological polar surface area (TPSA) is 57.7 Å². The van der Waals surface area contributed by atoms with Crippen LogP contribution < -0.4 is 4.90 Å². The van der Waals surface area contributed by atoms with Crippen LogP contribution in [0.25, 0.3) is 0 Å². The number of anilines is 1. The average Bonchev–Trinajstić information content (AvgIpc) is 3.04. The van der Waals surface area contributed by atoms with E-state index in [9.17, 15) is 14.4 Å². The van der Waals surface area contributed by atoms with Crippen LogP contribution in [0.3, 0.4) is 0 Å². The summed E-state index contributed by atoms with van der Waals surface area (Å²) in [6, 6.07) is 7.86. The average molecular weight is 324 g/mol. The third-order valence-corrected chi connectivity index (χ3v) is 5.37. The Morgan fingerprint density at radius 1 is 1.08 bits per heavy atom. The smallest absolute Gasteiger partial charge is 0.247 e. The second-order valence-electron chi connectivity index (χ2n) is 6.86. The van der Waals surface area contributed by atoms with E-state index in [1.165, 1.54) is 4.90 Å². The highest BCUT2D eigenvalue weighted by Gasteiger charge is 2.48. The number of fused-ring (bicyclic) bond motifs is 2. The summed E-state index contributed by atoms with van der Waals surface area (Å²) in [6.07, 6.45) is 5.91. The molecule has 3 aliphatic rings. The number of allylic oxidation sites excluding steroid dienone is 2. The molecule has 5 nitrogen and oxygen atoms in total. The minimum Gasteiger partial charge on any atom is -0.307 e. The molecule has 0 radical (unpaired) electrons. The maximum absolute atomic E-state index is 12.8. The van der Waals surface area contributed by atoms with Gasteiger partial charge in [0.1, 0.15) is 6.54 Å². The second-order valence-corrected chi connectivity index (χ2v) is 6.86. The Morgan fingerprint density at radius 2 is 1.71 bits per heavy atom. The van der Waals surface area contributed by atoms with Gasteiger partial charge in [0.15, 0.2) is 0 Å². The lowest BCUT2D eigenvalue weighted by Gasteiger charge is -2.25. The molecule has 3 atom stereocenters. The van der Waals surface area contributed by atoms with Gasteiger partial charge in [0.05, 0.1) is 11.8 Å². The van der Waals surface area contributed by atoms with Crippen molar-refractivity contribution in [2.24, 2.45) is 11.8 Å². The zero-order chi connectivity index (χ0) is 16.8. The first-order valence-electron chi connectivity index (χ1n) is 8.48. The molecule has 2 heterocycles. The molecule has 0 N–H and O–H groups in total. The van der Waals surface area contributed by atoms with Crippen LogP contribution in [-0.4, -0.2) is 35.2 Å². The number of nitrogens with zero attached hydrogens (tertiary/aromatic N) is 2. The van der Waals surface area contributed by atoms with E-state index in [2.05, 4.69) is 0 Å². The van der Waals surface area contributed by atoms with Crippen molar-refractivity contribution >= 4 is 23.4 Å². The Morgan fingerprint density at radius 3 is 2.38 bits per heavy atom. The van der Waals surface area contributed by atoms with E-state index in [-0.39, 0.29) is 42.1 Å². The van der Waals surface area contributed by atoms with Crippen molar-refractivity contribution in [2.45, 2.75) is 32.2 Å². The van der Waals surface area contributed by atoms with Gasteiger partial charge in [-0.15, -0.1) is 0 Å². The van der Waals surface area contributed by atoms with Crippen molar-refractivity contribution in [3.8, 4) is 0 Å². The van der Waals surface area contributed by atoms with Gasteiger partial charge in [0.25, 0.3) is 0 Å². The Hall–Kier alpha value is -2.43. The molecule has 1 aromatic carbocycles. The predicted molar refractivity (Wildman–Crippen MR) is 89.2 cm³/mol. The lowest BCUT2D eigenvalue weighted by molar-refractivity contribution is -0.143. The molecule has 4 rings (SSSR count). The summed E-state index contributed by atoms with van der Waals surface area (Å²) in [7, 11) is 0. The first kappa shape index (κ1) is 15.1. The molecular formula is C19H20N2O3. The van der Waals surface area contributed by atoms with Gasteiger partial charge in [-0.25, -0.2) is 0 Å². The van der Waals surface area contributed by atoms with Crippen LogP contribution in [0.1, 0.15) is 25.3 Å². The number of rotatable bonds is 2. The number of para-hydroxylation sites is 1. The van der Waals surface area contributed by atoms with E-state index >= 15 is 0 Å². The van der Waals surface area contributed by atoms with Gasteiger partial charge >= 0.3 is 0 Å². The molecule has 3 amide bonds. The zero-order valence-corrected chi connectivity index (χ0v) is 13.6. The minimum atomic E-state index is -0.279. The molecule has 24 heavy (non-hydrogen) atoms. The van der Waals surface area contributed by atoms with Crippen LogP contribution in [0.15, 0.2) is 36.4 Å². The van der Waals surface area contributed by atoms with Crippen molar-refractivity contribution in [1.29, 1.82) is 0 Å². The maximum Gasteiger partial charge on any atom is 0.247 e. The van der Waals surface area contributed by atoms with Gasteiger partial charge in [0.2, 0.25) is 17.7 Å². The van der Waals surface area contributed by atoms with Crippen LogP contribution in [0.5, 0.6) is 0 Å². The molecule has 2 aliphatic heterocycles. The van der Waals surface area contributed by atoms with Crippen LogP contribution >= 0.6 is 0 Å². The van der Waals surface area contributed by atoms with Crippen molar-refractivity contribution in [1.82, 2.24) is 4.90 Å². The summed E-state index contributed by atoms with van der Waals surface area (Å²) in [5.74, 6) is -1.12. The predicted octanol–water partition coefficient (Wildman–Crippen LogP) is 1.92. The Kier molecular flexibility index (Phi) is 3.52. The highest BCUT2D eigenvalue weighted by Crippen LogP contribution is 2.36. The highest BCUT2D eigenvalue weighted by atomic mass is 16.2. The van der Waals surface area contributed by atoms with Crippen molar-refractivity contribution in [3.05, 3.63) is 42.0 Å². The van der Waals surface area contributed by atoms with E-state index in [0.29, 0.717) is 12.8 Å². The third-order valence-electron chi connectivity index (χ3n) is 5.37. The Balaban J connectivity index is 1.55. The van der Waals surface area contributed by atoms with Gasteiger partial charge in [-0.2, -0.15) is 0 Å². The van der Waals surface area contributed by atoms with E-state index in [1.807, 2.05) is 43.3 Å². The molecule has 1 aliphatic carbocycles. The van der Waals surface area contributed by atoms with Crippen LogP contribution in [0.2, 0.25) is 0 Å². The van der Waals surface area contributed by atoms with Crippen LogP contribution in [-0.2, 0) is 20.8 Å². The molecule has 5 heteroatoms. The van der Waals surface area contributed by atoms with Crippen molar-refractivity contribution in [3.63, 3.8) is 0 Å². The van der Waals surface area contributed by atoms with E-state index in [1.54, 1.807) is 4.90 Å². The molecule has 124 valence electrons. The van der Waals surface area contributed by atoms with Gasteiger partial charge < -0.3 is 4.90 Å². The normalized spacial score (nSPS) is 28.3. The number of hydrogen-bond donors (Lipinski definition) is 0. The fourth-order valence-corrected chi connectivity index (χ4v) is 4.18. The molecule has 0 aromatic heterocycles. The lowest BCUT2D eigenvalue weighted by Crippen LogP contribution is -2.45. The van der Waals surface area contributed by atoms with Gasteiger partial charge in [-0.3, -0.25) is 19.3 Å². The van der Waals surface area contributed by atoms with E-state index < -0.39 is 0 Å². The van der Waals surface area contributed by atoms with Crippen LogP contribution in [0.4, 0.5) is 5.69 Å². The number of benzene rings is 1. The fourth-order valence-electron chi connectivity index (χ4n) is 4.18. The summed E-state index contributed by atoms with van der Waals surface area (Å²) in [4.78, 5) is 40.8. The molecule has 0 spiro atoms. The zero-order valence-electron chi connectivity index (χ0n) is 13.6. The number of likely N-dealkylation sites (tertiary alicyclic amines) is 1. The maximum atomic E-state index is 12.8. The monoisotopic (exact) mass is 324 g/mol. The van der Waals surface area contributed by atoms with Gasteiger partial charge in [-0.1, -0.05) is 30.4 Å². The summed E-state index contributed by atoms with van der Waals surface area (Å²) in [5.41, 5.74) is 2.03. The number of carbonyl (C=O) groups is 3. The van der Waals surface area contributed by atoms with Gasteiger partial charge in [-0.05, 0) is 37.8 Å². The molecular weight excluding hydrogens is 304 g/mol. The molecule has 1 saturated heterocycles. The summed E-state index contributed by atoms with van der Waals surface area (Å²) in [6.45, 7) is 1.85. The molecule has 0 unspecified atom stereocenters. The Labute approximate surface area is 140 Å².